The molecule has 214 valence electrons. The van der Waals surface area contributed by atoms with Gasteiger partial charge >= 0.3 is 0 Å². The highest BCUT2D eigenvalue weighted by Crippen LogP contribution is 2.40. The molecule has 3 aromatic rings. The van der Waals surface area contributed by atoms with Crippen molar-refractivity contribution in [3.8, 4) is 10.6 Å². The maximum Gasteiger partial charge on any atom is 0.257 e. The number of fused-ring (bicyclic) bond motifs is 1. The number of pyridine rings is 1. The third-order valence-electron chi connectivity index (χ3n) is 6.98. The molecule has 0 saturated heterocycles. The Morgan fingerprint density at radius 1 is 1.21 bits per heavy atom. The van der Waals surface area contributed by atoms with E-state index in [0.29, 0.717) is 52.4 Å². The number of rotatable bonds is 10. The molecule has 4 rings (SSSR count). The monoisotopic (exact) mass is 582 g/mol. The van der Waals surface area contributed by atoms with E-state index in [1.807, 2.05) is 6.92 Å². The Labute approximate surface area is 231 Å². The molecule has 1 fully saturated rings. The molecule has 0 bridgehead atoms. The number of hydrogen-bond acceptors (Lipinski definition) is 12. The number of anilines is 2. The molecule has 13 nitrogen and oxygen atoms in total. The van der Waals surface area contributed by atoms with Gasteiger partial charge in [-0.3, -0.25) is 5.21 Å². The van der Waals surface area contributed by atoms with Gasteiger partial charge in [0.1, 0.15) is 16.9 Å². The van der Waals surface area contributed by atoms with Crippen LogP contribution in [0.3, 0.4) is 0 Å². The third kappa shape index (κ3) is 6.23. The predicted octanol–water partition coefficient (Wildman–Crippen LogP) is 0.803. The number of aromatic nitrogens is 4. The molecule has 3 heterocycles. The number of aryl methyl sites for hydroxylation is 2. The molecule has 0 aliphatic heterocycles. The average Bonchev–Trinajstić information content (AvgIpc) is 3.37. The van der Waals surface area contributed by atoms with Gasteiger partial charge in [0.2, 0.25) is 22.2 Å². The van der Waals surface area contributed by atoms with Gasteiger partial charge in [-0.05, 0) is 27.2 Å². The van der Waals surface area contributed by atoms with Gasteiger partial charge in [-0.25, -0.2) is 23.1 Å². The zero-order chi connectivity index (χ0) is 28.7. The average molecular weight is 583 g/mol. The van der Waals surface area contributed by atoms with E-state index in [1.165, 1.54) is 11.3 Å². The Bertz CT molecular complexity index is 1460. The van der Waals surface area contributed by atoms with E-state index >= 15 is 0 Å². The zero-order valence-corrected chi connectivity index (χ0v) is 24.4. The van der Waals surface area contributed by atoms with E-state index in [4.69, 9.17) is 9.72 Å². The minimum absolute atomic E-state index is 0.274. The maximum absolute atomic E-state index is 11.9. The van der Waals surface area contributed by atoms with Crippen LogP contribution in [0.4, 0.5) is 11.8 Å². The highest BCUT2D eigenvalue weighted by molar-refractivity contribution is 7.88. The summed E-state index contributed by atoms with van der Waals surface area (Å²) in [6, 6.07) is 1.13. The molecule has 0 aromatic carbocycles. The number of aliphatic hydroxyl groups is 2. The second-order valence-corrected chi connectivity index (χ2v) is 13.2. The van der Waals surface area contributed by atoms with Crippen LogP contribution in [-0.4, -0.2) is 89.1 Å². The fraction of sp³-hybridized carbons (Fsp3) is 0.583. The second-order valence-electron chi connectivity index (χ2n) is 10.4. The minimum atomic E-state index is -3.55. The number of ether oxygens (including phenoxy) is 1. The zero-order valence-electron chi connectivity index (χ0n) is 22.8. The number of sulfonamides is 1. The van der Waals surface area contributed by atoms with Crippen molar-refractivity contribution in [3.63, 3.8) is 0 Å². The first-order chi connectivity index (χ1) is 18.2. The summed E-state index contributed by atoms with van der Waals surface area (Å²) in [5.41, 5.74) is 1.46. The smallest absolute Gasteiger partial charge is 0.257 e. The molecule has 0 amide bonds. The van der Waals surface area contributed by atoms with Gasteiger partial charge in [0.25, 0.3) is 5.69 Å². The predicted molar refractivity (Wildman–Crippen MR) is 147 cm³/mol. The molecule has 1 aliphatic rings. The van der Waals surface area contributed by atoms with Gasteiger partial charge in [0.15, 0.2) is 5.52 Å². The molecule has 15 heteroatoms. The summed E-state index contributed by atoms with van der Waals surface area (Å²) in [4.78, 5) is 14.0. The van der Waals surface area contributed by atoms with Gasteiger partial charge in [-0.15, -0.1) is 11.3 Å². The first-order valence-electron chi connectivity index (χ1n) is 12.5. The molecule has 1 saturated carbocycles. The van der Waals surface area contributed by atoms with E-state index in [1.54, 1.807) is 40.1 Å². The van der Waals surface area contributed by atoms with Crippen LogP contribution in [0.1, 0.15) is 31.7 Å². The molecule has 39 heavy (non-hydrogen) atoms. The molecule has 0 spiro atoms. The van der Waals surface area contributed by atoms with Crippen molar-refractivity contribution < 1.29 is 33.3 Å². The van der Waals surface area contributed by atoms with Crippen molar-refractivity contribution in [2.45, 2.75) is 57.9 Å². The van der Waals surface area contributed by atoms with Crippen LogP contribution >= 0.6 is 11.3 Å². The molecule has 0 unspecified atom stereocenters. The van der Waals surface area contributed by atoms with Crippen LogP contribution in [0.5, 0.6) is 0 Å². The lowest BCUT2D eigenvalue weighted by Crippen LogP contribution is -2.52. The highest BCUT2D eigenvalue weighted by Gasteiger charge is 2.49. The maximum atomic E-state index is 11.9. The summed E-state index contributed by atoms with van der Waals surface area (Å²) < 4.78 is 33.4. The van der Waals surface area contributed by atoms with Crippen LogP contribution in [0.2, 0.25) is 0 Å². The molecule has 1 aliphatic carbocycles. The Kier molecular flexibility index (Phi) is 8.31. The molecule has 4 atom stereocenters. The summed E-state index contributed by atoms with van der Waals surface area (Å²) >= 11 is 1.41. The van der Waals surface area contributed by atoms with E-state index in [9.17, 15) is 23.8 Å². The molecular formula is C24H36N7O6S2+. The Balaban J connectivity index is 1.73. The van der Waals surface area contributed by atoms with E-state index in [0.717, 1.165) is 15.7 Å². The number of aliphatic hydroxyl groups excluding tert-OH is 2. The van der Waals surface area contributed by atoms with E-state index in [2.05, 4.69) is 25.3 Å². The first kappa shape index (κ1) is 29.3. The van der Waals surface area contributed by atoms with Gasteiger partial charge in [0.05, 0.1) is 41.0 Å². The van der Waals surface area contributed by atoms with Crippen LogP contribution in [-0.2, 0) is 14.8 Å². The fourth-order valence-corrected chi connectivity index (χ4v) is 7.29. The van der Waals surface area contributed by atoms with Crippen molar-refractivity contribution in [1.82, 2.24) is 19.7 Å². The number of nitrogens with one attached hydrogen (secondary N) is 3. The first-order valence-corrected chi connectivity index (χ1v) is 15.2. The quantitative estimate of drug-likeness (QED) is 0.113. The van der Waals surface area contributed by atoms with Crippen molar-refractivity contribution in [2.24, 2.45) is 5.92 Å². The summed E-state index contributed by atoms with van der Waals surface area (Å²) in [7, 11) is -1.95. The van der Waals surface area contributed by atoms with Crippen molar-refractivity contribution in [3.05, 3.63) is 23.7 Å². The lowest BCUT2D eigenvalue weighted by Gasteiger charge is -2.34. The SMILES string of the molecule is COCCNc1nc(C)c(-c2nc3c(C)[n+](O)ccc3s2)c(N[C@@H]2C[C@H](C(C)(C)NS(C)(=O)=O)[C@@H](O)[C@H]2O)n1. The topological polar surface area (TPSA) is 183 Å². The lowest BCUT2D eigenvalue weighted by atomic mass is 9.85. The van der Waals surface area contributed by atoms with Crippen molar-refractivity contribution >= 4 is 43.3 Å². The number of nitrogens with zero attached hydrogens (tertiary/aromatic N) is 4. The van der Waals surface area contributed by atoms with Crippen LogP contribution in [0, 0.1) is 19.8 Å². The van der Waals surface area contributed by atoms with Gasteiger partial charge < -0.3 is 25.6 Å². The van der Waals surface area contributed by atoms with E-state index in [-0.39, 0.29) is 6.42 Å². The lowest BCUT2D eigenvalue weighted by molar-refractivity contribution is -0.907. The fourth-order valence-electron chi connectivity index (χ4n) is 5.07. The number of hydrogen-bond donors (Lipinski definition) is 6. The summed E-state index contributed by atoms with van der Waals surface area (Å²) in [5, 5.41) is 39.0. The second kappa shape index (κ2) is 11.1. The van der Waals surface area contributed by atoms with Crippen LogP contribution < -0.4 is 20.1 Å². The standard InChI is InChI=1S/C24H36N7O6S2/c1-12-17(22-28-18-13(2)31(34)9-7-16(18)38-22)21(29-23(26-12)25-8-10-37-5)27-15-11-14(19(32)20(15)33)24(3,4)30-39(6,35)36/h7,9,14-15,19-20,30,32-34H,8,10-11H2,1-6H3,(H2,25,26,27,29)/q+1/t14-,15+,19+,20-/m0/s1. The molecule has 6 N–H and O–H groups in total. The van der Waals surface area contributed by atoms with E-state index < -0.39 is 39.7 Å². The van der Waals surface area contributed by atoms with Gasteiger partial charge in [0, 0.05) is 42.8 Å². The van der Waals surface area contributed by atoms with Crippen molar-refractivity contribution in [1.29, 1.82) is 0 Å². The van der Waals surface area contributed by atoms with Gasteiger partial charge in [-0.1, -0.05) is 0 Å². The van der Waals surface area contributed by atoms with Crippen molar-refractivity contribution in [2.75, 3.05) is 37.2 Å². The Morgan fingerprint density at radius 3 is 2.59 bits per heavy atom. The van der Waals surface area contributed by atoms with Gasteiger partial charge in [-0.2, -0.15) is 4.98 Å². The third-order valence-corrected chi connectivity index (χ3v) is 8.91. The summed E-state index contributed by atoms with van der Waals surface area (Å²) in [6.07, 6.45) is 0.523. The van der Waals surface area contributed by atoms with Crippen LogP contribution in [0.15, 0.2) is 12.3 Å². The van der Waals surface area contributed by atoms with Crippen LogP contribution in [0.25, 0.3) is 20.8 Å². The minimum Gasteiger partial charge on any atom is -0.390 e. The molecule has 3 aromatic heterocycles. The number of methoxy groups -OCH3 is 1. The number of thiazole rings is 1. The molecule has 0 radical (unpaired) electrons. The Hall–Kier alpha value is -2.69. The summed E-state index contributed by atoms with van der Waals surface area (Å²) in [5.74, 6) is 0.183. The largest absolute Gasteiger partial charge is 0.390 e. The highest BCUT2D eigenvalue weighted by atomic mass is 32.2. The normalized spacial score (nSPS) is 21.9. The summed E-state index contributed by atoms with van der Waals surface area (Å²) in [6.45, 7) is 7.89. The molecular weight excluding hydrogens is 546 g/mol. The Morgan fingerprint density at radius 2 is 1.92 bits per heavy atom.